The summed E-state index contributed by atoms with van der Waals surface area (Å²) in [6, 6.07) is 15.2. The molecule has 0 spiro atoms. The maximum absolute atomic E-state index is 12.1. The van der Waals surface area contributed by atoms with Crippen LogP contribution in [0, 0.1) is 13.8 Å². The van der Waals surface area contributed by atoms with E-state index in [1.807, 2.05) is 19.1 Å². The average molecular weight is 566 g/mol. The lowest BCUT2D eigenvalue weighted by Crippen LogP contribution is -2.36. The van der Waals surface area contributed by atoms with Crippen molar-refractivity contribution in [3.8, 4) is 0 Å². The fraction of sp³-hybridized carbons (Fsp3) is 0.531. The van der Waals surface area contributed by atoms with Gasteiger partial charge in [0, 0.05) is 11.0 Å². The number of benzene rings is 2. The molecule has 2 heterocycles. The van der Waals surface area contributed by atoms with Gasteiger partial charge in [-0.1, -0.05) is 122 Å². The summed E-state index contributed by atoms with van der Waals surface area (Å²) in [5.41, 5.74) is 5.46. The van der Waals surface area contributed by atoms with Crippen LogP contribution in [0.3, 0.4) is 0 Å². The van der Waals surface area contributed by atoms with Gasteiger partial charge in [0.05, 0.1) is 6.61 Å². The topological polar surface area (TPSA) is 38.3 Å². The molecule has 2 aliphatic heterocycles. The van der Waals surface area contributed by atoms with Crippen LogP contribution in [-0.2, 0) is 15.9 Å². The van der Waals surface area contributed by atoms with E-state index in [0.717, 1.165) is 47.8 Å². The highest BCUT2D eigenvalue weighted by atomic mass is 79.9. The molecule has 0 atom stereocenters. The van der Waals surface area contributed by atoms with Crippen molar-refractivity contribution < 1.29 is 9.53 Å². The summed E-state index contributed by atoms with van der Waals surface area (Å²) in [5.74, 6) is 1.81. The fourth-order valence-electron chi connectivity index (χ4n) is 5.84. The van der Waals surface area contributed by atoms with Crippen LogP contribution < -0.4 is 5.32 Å². The van der Waals surface area contributed by atoms with E-state index in [-0.39, 0.29) is 5.97 Å². The highest BCUT2D eigenvalue weighted by molar-refractivity contribution is 9.10. The van der Waals surface area contributed by atoms with Gasteiger partial charge in [0.2, 0.25) is 0 Å². The van der Waals surface area contributed by atoms with E-state index in [1.54, 1.807) is 5.56 Å². The van der Waals surface area contributed by atoms with E-state index < -0.39 is 0 Å². The molecule has 0 unspecified atom stereocenters. The van der Waals surface area contributed by atoms with Crippen molar-refractivity contribution in [2.24, 2.45) is 0 Å². The van der Waals surface area contributed by atoms with Crippen LogP contribution in [0.15, 0.2) is 52.6 Å². The smallest absolute Gasteiger partial charge is 0.354 e. The van der Waals surface area contributed by atoms with E-state index in [1.165, 1.54) is 56.0 Å². The van der Waals surface area contributed by atoms with Crippen LogP contribution in [0.4, 0.5) is 0 Å². The lowest BCUT2D eigenvalue weighted by Gasteiger charge is -2.40. The lowest BCUT2D eigenvalue weighted by molar-refractivity contribution is -0.139. The Morgan fingerprint density at radius 1 is 1.03 bits per heavy atom. The maximum Gasteiger partial charge on any atom is 0.354 e. The number of rotatable bonds is 9. The lowest BCUT2D eigenvalue weighted by atomic mass is 9.25. The van der Waals surface area contributed by atoms with Crippen LogP contribution in [0.2, 0.25) is 11.6 Å². The number of hydrogen-bond acceptors (Lipinski definition) is 3. The molecule has 200 valence electrons. The van der Waals surface area contributed by atoms with Gasteiger partial charge in [-0.25, -0.2) is 4.79 Å². The second-order valence-electron chi connectivity index (χ2n) is 10.8. The van der Waals surface area contributed by atoms with Crippen molar-refractivity contribution in [2.75, 3.05) is 13.2 Å². The molecule has 0 aromatic heterocycles. The monoisotopic (exact) mass is 565 g/mol. The first-order valence-corrected chi connectivity index (χ1v) is 15.2. The zero-order chi connectivity index (χ0) is 26.6. The minimum Gasteiger partial charge on any atom is -0.461 e. The quantitative estimate of drug-likeness (QED) is 0.187. The second kappa shape index (κ2) is 15.4. The first kappa shape index (κ1) is 29.5. The van der Waals surface area contributed by atoms with Crippen molar-refractivity contribution in [2.45, 2.75) is 97.0 Å². The highest BCUT2D eigenvalue weighted by Gasteiger charge is 2.38. The number of ether oxygens (including phenoxy) is 1. The Bertz CT molecular complexity index is 978. The van der Waals surface area contributed by atoms with Crippen LogP contribution in [0.25, 0.3) is 6.08 Å². The van der Waals surface area contributed by atoms with Gasteiger partial charge in [-0.15, -0.1) is 0 Å². The van der Waals surface area contributed by atoms with E-state index in [9.17, 15) is 4.79 Å². The van der Waals surface area contributed by atoms with Gasteiger partial charge >= 0.3 is 5.97 Å². The Balaban J connectivity index is 0.000000212. The summed E-state index contributed by atoms with van der Waals surface area (Å²) >= 11 is 3.55. The molecule has 0 amide bonds. The Hall–Kier alpha value is -2.01. The van der Waals surface area contributed by atoms with Crippen molar-refractivity contribution in [3.63, 3.8) is 0 Å². The molecule has 0 saturated carbocycles. The maximum atomic E-state index is 12.1. The van der Waals surface area contributed by atoms with E-state index in [4.69, 9.17) is 4.74 Å². The van der Waals surface area contributed by atoms with Gasteiger partial charge in [0.1, 0.15) is 5.70 Å². The predicted octanol–water partition coefficient (Wildman–Crippen LogP) is 8.73. The normalized spacial score (nSPS) is 19.1. The molecule has 0 radical (unpaired) electrons. The third kappa shape index (κ3) is 9.05. The second-order valence-corrected chi connectivity index (χ2v) is 11.7. The first-order valence-electron chi connectivity index (χ1n) is 14.4. The summed E-state index contributed by atoms with van der Waals surface area (Å²) in [4.78, 5) is 12.1. The first-order chi connectivity index (χ1) is 17.9. The van der Waals surface area contributed by atoms with Crippen molar-refractivity contribution >= 4 is 34.7 Å². The molecule has 4 rings (SSSR count). The summed E-state index contributed by atoms with van der Waals surface area (Å²) in [6.07, 6.45) is 14.0. The highest BCUT2D eigenvalue weighted by Crippen LogP contribution is 2.47. The SMILES string of the molecule is CCCN/C(=C\c1cc(C)c(C)c(Br)c1)C(=O)OCCC.c1ccc(CB2C3CCCC2CCC3)cc1. The van der Waals surface area contributed by atoms with Gasteiger partial charge in [-0.2, -0.15) is 0 Å². The number of esters is 1. The number of fused-ring (bicyclic) bond motifs is 2. The largest absolute Gasteiger partial charge is 0.461 e. The molecule has 2 fully saturated rings. The predicted molar refractivity (Wildman–Crippen MR) is 162 cm³/mol. The van der Waals surface area contributed by atoms with Crippen LogP contribution in [0.1, 0.15) is 87.5 Å². The van der Waals surface area contributed by atoms with E-state index in [2.05, 4.69) is 78.4 Å². The zero-order valence-corrected chi connectivity index (χ0v) is 24.9. The standard InChI is InChI=1S/C17H24BrNO2.C15H21B/c1-5-7-19-16(17(20)21-8-6-2)11-14-9-12(3)13(4)15(18)10-14;1-2-6-13(7-3-1)12-16-14-8-4-9-15(16)11-5-10-14/h9-11,19H,5-8H2,1-4H3;1-3,6-7,14-15H,4-5,8-12H2/b16-11-;. The third-order valence-corrected chi connectivity index (χ3v) is 8.81. The zero-order valence-electron chi connectivity index (χ0n) is 23.3. The minimum atomic E-state index is -0.292. The molecule has 2 aromatic carbocycles. The molecule has 2 aliphatic rings. The Morgan fingerprint density at radius 3 is 2.24 bits per heavy atom. The molecular weight excluding hydrogens is 521 g/mol. The Kier molecular flexibility index (Phi) is 12.3. The Labute approximate surface area is 234 Å². The molecule has 2 aromatic rings. The summed E-state index contributed by atoms with van der Waals surface area (Å²) in [6.45, 7) is 10.4. The van der Waals surface area contributed by atoms with Crippen LogP contribution in [-0.4, -0.2) is 25.8 Å². The van der Waals surface area contributed by atoms with Gasteiger partial charge in [-0.3, -0.25) is 0 Å². The number of carbonyl (C=O) groups is 1. The fourth-order valence-corrected chi connectivity index (χ4v) is 6.42. The van der Waals surface area contributed by atoms with Crippen molar-refractivity contribution in [1.82, 2.24) is 5.32 Å². The van der Waals surface area contributed by atoms with Gasteiger partial charge in [0.25, 0.3) is 0 Å². The van der Waals surface area contributed by atoms with Gasteiger partial charge < -0.3 is 10.1 Å². The van der Waals surface area contributed by atoms with Crippen molar-refractivity contribution in [3.05, 3.63) is 74.9 Å². The minimum absolute atomic E-state index is 0.292. The summed E-state index contributed by atoms with van der Waals surface area (Å²) in [7, 11) is 0. The van der Waals surface area contributed by atoms with Crippen molar-refractivity contribution in [1.29, 1.82) is 0 Å². The number of hydrogen-bond donors (Lipinski definition) is 1. The summed E-state index contributed by atoms with van der Waals surface area (Å²) in [5, 5.41) is 3.15. The third-order valence-electron chi connectivity index (χ3n) is 7.98. The number of carbonyl (C=O) groups excluding carboxylic acids is 1. The molecule has 3 nitrogen and oxygen atoms in total. The van der Waals surface area contributed by atoms with Crippen LogP contribution in [0.5, 0.6) is 0 Å². The molecule has 1 N–H and O–H groups in total. The molecule has 2 bridgehead atoms. The van der Waals surface area contributed by atoms with Gasteiger partial charge in [0.15, 0.2) is 6.71 Å². The summed E-state index contributed by atoms with van der Waals surface area (Å²) < 4.78 is 6.27. The molecule has 2 saturated heterocycles. The molecule has 0 aliphatic carbocycles. The van der Waals surface area contributed by atoms with Gasteiger partial charge in [-0.05, 0) is 61.8 Å². The molecule has 37 heavy (non-hydrogen) atoms. The van der Waals surface area contributed by atoms with E-state index >= 15 is 0 Å². The molecule has 5 heteroatoms. The number of nitrogens with one attached hydrogen (secondary N) is 1. The van der Waals surface area contributed by atoms with E-state index in [0.29, 0.717) is 12.3 Å². The van der Waals surface area contributed by atoms with Crippen LogP contribution >= 0.6 is 15.9 Å². The number of halogens is 1. The molecular formula is C32H45BBrNO2. The average Bonchev–Trinajstić information content (AvgIpc) is 2.89. The Morgan fingerprint density at radius 2 is 1.68 bits per heavy atom. The number of aryl methyl sites for hydroxylation is 1.